The Balaban J connectivity index is 0.00000192. The van der Waals surface area contributed by atoms with Gasteiger partial charge in [0.2, 0.25) is 5.91 Å². The Morgan fingerprint density at radius 3 is 3.00 bits per heavy atom. The number of rotatable bonds is 2. The monoisotopic (exact) mass is 355 g/mol. The van der Waals surface area contributed by atoms with Crippen molar-refractivity contribution in [3.63, 3.8) is 0 Å². The molecular formula is C16H22ClN3O2S. The largest absolute Gasteiger partial charge is 0.348 e. The van der Waals surface area contributed by atoms with Crippen LogP contribution in [0.3, 0.4) is 0 Å². The minimum atomic E-state index is -0.0770. The molecule has 2 amide bonds. The Kier molecular flexibility index (Phi) is 6.33. The number of carbonyl (C=O) groups is 2. The first-order valence-electron chi connectivity index (χ1n) is 7.74. The molecule has 0 saturated carbocycles. The van der Waals surface area contributed by atoms with E-state index in [1.807, 2.05) is 12.1 Å². The van der Waals surface area contributed by atoms with Crippen LogP contribution < -0.4 is 16.0 Å². The maximum Gasteiger partial charge on any atom is 0.251 e. The number of amides is 2. The molecule has 1 fully saturated rings. The van der Waals surface area contributed by atoms with Crippen LogP contribution in [0.4, 0.5) is 5.69 Å². The third-order valence-corrected chi connectivity index (χ3v) is 5.26. The number of fused-ring (bicyclic) bond motifs is 1. The number of thioether (sulfide) groups is 1. The number of hydrogen-bond donors (Lipinski definition) is 3. The first-order chi connectivity index (χ1) is 10.6. The third kappa shape index (κ3) is 4.40. The number of nitrogens with one attached hydrogen (secondary N) is 3. The molecule has 3 N–H and O–H groups in total. The molecule has 0 radical (unpaired) electrons. The van der Waals surface area contributed by atoms with E-state index in [0.29, 0.717) is 12.0 Å². The average molecular weight is 356 g/mol. The van der Waals surface area contributed by atoms with Gasteiger partial charge in [0.05, 0.1) is 5.69 Å². The number of hydrogen-bond acceptors (Lipinski definition) is 4. The summed E-state index contributed by atoms with van der Waals surface area (Å²) in [5.41, 5.74) is 1.34. The summed E-state index contributed by atoms with van der Waals surface area (Å²) in [6.45, 7) is 3.10. The van der Waals surface area contributed by atoms with Crippen molar-refractivity contribution in [2.24, 2.45) is 0 Å². The fourth-order valence-electron chi connectivity index (χ4n) is 2.85. The number of benzene rings is 1. The Bertz CT molecular complexity index is 597. The fourth-order valence-corrected chi connectivity index (χ4v) is 3.79. The summed E-state index contributed by atoms with van der Waals surface area (Å²) < 4.78 is 0. The normalized spacial score (nSPS) is 23.8. The zero-order chi connectivity index (χ0) is 15.5. The van der Waals surface area contributed by atoms with Crippen molar-refractivity contribution in [3.05, 3.63) is 23.8 Å². The van der Waals surface area contributed by atoms with Gasteiger partial charge in [0.1, 0.15) is 0 Å². The van der Waals surface area contributed by atoms with Gasteiger partial charge in [-0.2, -0.15) is 0 Å². The molecular weight excluding hydrogens is 334 g/mol. The van der Waals surface area contributed by atoms with E-state index < -0.39 is 0 Å². The molecule has 2 aliphatic heterocycles. The summed E-state index contributed by atoms with van der Waals surface area (Å²) in [5, 5.41) is 9.35. The number of halogens is 1. The minimum Gasteiger partial charge on any atom is -0.348 e. The molecule has 1 saturated heterocycles. The van der Waals surface area contributed by atoms with E-state index in [1.54, 1.807) is 17.8 Å². The van der Waals surface area contributed by atoms with Crippen molar-refractivity contribution in [2.75, 3.05) is 17.6 Å². The van der Waals surface area contributed by atoms with Crippen molar-refractivity contribution in [1.29, 1.82) is 0 Å². The summed E-state index contributed by atoms with van der Waals surface area (Å²) >= 11 is 1.64. The molecule has 2 atom stereocenters. The predicted molar refractivity (Wildman–Crippen MR) is 95.6 cm³/mol. The van der Waals surface area contributed by atoms with Crippen molar-refractivity contribution in [2.45, 2.75) is 43.2 Å². The standard InChI is InChI=1S/C16H21N3O2S.ClH/c1-10-12(3-2-7-17-10)19-16(21)11-4-5-14-13(9-11)18-15(20)6-8-22-14;/h4-5,9-10,12,17H,2-3,6-8H2,1H3,(H,18,20)(H,19,21);1H. The summed E-state index contributed by atoms with van der Waals surface area (Å²) in [6, 6.07) is 5.97. The molecule has 3 rings (SSSR count). The molecule has 0 bridgehead atoms. The summed E-state index contributed by atoms with van der Waals surface area (Å²) in [7, 11) is 0. The molecule has 2 unspecified atom stereocenters. The zero-order valence-electron chi connectivity index (χ0n) is 13.1. The average Bonchev–Trinajstić information content (AvgIpc) is 2.69. The van der Waals surface area contributed by atoms with Gasteiger partial charge in [-0.25, -0.2) is 0 Å². The van der Waals surface area contributed by atoms with E-state index >= 15 is 0 Å². The van der Waals surface area contributed by atoms with Gasteiger partial charge in [0, 0.05) is 34.7 Å². The van der Waals surface area contributed by atoms with Crippen LogP contribution in [-0.4, -0.2) is 36.2 Å². The quantitative estimate of drug-likeness (QED) is 0.762. The molecule has 7 heteroatoms. The van der Waals surface area contributed by atoms with E-state index in [0.717, 1.165) is 35.7 Å². The van der Waals surface area contributed by atoms with Gasteiger partial charge in [-0.3, -0.25) is 9.59 Å². The molecule has 0 aromatic heterocycles. The Morgan fingerprint density at radius 2 is 2.22 bits per heavy atom. The van der Waals surface area contributed by atoms with Crippen molar-refractivity contribution in [1.82, 2.24) is 10.6 Å². The first kappa shape index (κ1) is 18.1. The topological polar surface area (TPSA) is 70.2 Å². The minimum absolute atomic E-state index is 0. The highest BCUT2D eigenvalue weighted by Gasteiger charge is 2.23. The Labute approximate surface area is 146 Å². The molecule has 0 aliphatic carbocycles. The van der Waals surface area contributed by atoms with Crippen LogP contribution in [0.15, 0.2) is 23.1 Å². The van der Waals surface area contributed by atoms with Crippen LogP contribution in [0.1, 0.15) is 36.5 Å². The summed E-state index contributed by atoms with van der Waals surface area (Å²) in [4.78, 5) is 25.1. The van der Waals surface area contributed by atoms with E-state index in [4.69, 9.17) is 0 Å². The maximum atomic E-state index is 12.5. The van der Waals surface area contributed by atoms with Crippen LogP contribution in [0, 0.1) is 0 Å². The molecule has 0 spiro atoms. The van der Waals surface area contributed by atoms with E-state index in [1.165, 1.54) is 0 Å². The van der Waals surface area contributed by atoms with Gasteiger partial charge in [0.25, 0.3) is 5.91 Å². The van der Waals surface area contributed by atoms with Crippen molar-refractivity contribution >= 4 is 41.7 Å². The van der Waals surface area contributed by atoms with E-state index in [9.17, 15) is 9.59 Å². The fraction of sp³-hybridized carbons (Fsp3) is 0.500. The van der Waals surface area contributed by atoms with Gasteiger partial charge in [-0.1, -0.05) is 0 Å². The van der Waals surface area contributed by atoms with Crippen molar-refractivity contribution < 1.29 is 9.59 Å². The SMILES string of the molecule is CC1NCCCC1NC(=O)c1ccc2c(c1)NC(=O)CCS2.Cl. The molecule has 1 aromatic rings. The lowest BCUT2D eigenvalue weighted by atomic mass is 9.99. The molecule has 126 valence electrons. The highest BCUT2D eigenvalue weighted by molar-refractivity contribution is 7.99. The second-order valence-electron chi connectivity index (χ2n) is 5.82. The highest BCUT2D eigenvalue weighted by atomic mass is 35.5. The van der Waals surface area contributed by atoms with Gasteiger partial charge in [0.15, 0.2) is 0 Å². The second kappa shape index (κ2) is 8.04. The first-order valence-corrected chi connectivity index (χ1v) is 8.73. The third-order valence-electron chi connectivity index (χ3n) is 4.18. The maximum absolute atomic E-state index is 12.5. The predicted octanol–water partition coefficient (Wildman–Crippen LogP) is 2.41. The second-order valence-corrected chi connectivity index (χ2v) is 6.96. The lowest BCUT2D eigenvalue weighted by Gasteiger charge is -2.30. The molecule has 23 heavy (non-hydrogen) atoms. The number of piperidine rings is 1. The lowest BCUT2D eigenvalue weighted by molar-refractivity contribution is -0.115. The molecule has 2 heterocycles. The van der Waals surface area contributed by atoms with Gasteiger partial charge in [-0.15, -0.1) is 24.2 Å². The lowest BCUT2D eigenvalue weighted by Crippen LogP contribution is -2.51. The van der Waals surface area contributed by atoms with Gasteiger partial charge >= 0.3 is 0 Å². The Hall–Kier alpha value is -1.24. The van der Waals surface area contributed by atoms with Crippen molar-refractivity contribution in [3.8, 4) is 0 Å². The number of anilines is 1. The molecule has 2 aliphatic rings. The van der Waals surface area contributed by atoms with Crippen LogP contribution in [-0.2, 0) is 4.79 Å². The highest BCUT2D eigenvalue weighted by Crippen LogP contribution is 2.31. The summed E-state index contributed by atoms with van der Waals surface area (Å²) in [5.74, 6) is 0.705. The van der Waals surface area contributed by atoms with Gasteiger partial charge in [-0.05, 0) is 44.5 Å². The Morgan fingerprint density at radius 1 is 1.39 bits per heavy atom. The van der Waals surface area contributed by atoms with Crippen LogP contribution >= 0.6 is 24.2 Å². The molecule has 1 aromatic carbocycles. The van der Waals surface area contributed by atoms with Crippen LogP contribution in [0.5, 0.6) is 0 Å². The smallest absolute Gasteiger partial charge is 0.251 e. The van der Waals surface area contributed by atoms with Crippen LogP contribution in [0.2, 0.25) is 0 Å². The number of carbonyl (C=O) groups excluding carboxylic acids is 2. The van der Waals surface area contributed by atoms with Gasteiger partial charge < -0.3 is 16.0 Å². The molecule has 5 nitrogen and oxygen atoms in total. The van der Waals surface area contributed by atoms with E-state index in [-0.39, 0.29) is 36.3 Å². The zero-order valence-corrected chi connectivity index (χ0v) is 14.7. The summed E-state index contributed by atoms with van der Waals surface area (Å²) in [6.07, 6.45) is 2.58. The van der Waals surface area contributed by atoms with Crippen LogP contribution in [0.25, 0.3) is 0 Å². The van der Waals surface area contributed by atoms with E-state index in [2.05, 4.69) is 22.9 Å².